The number of amides is 4. The molecule has 0 radical (unpaired) electrons. The molecule has 1 fully saturated rings. The van der Waals surface area contributed by atoms with Crippen LogP contribution in [0.5, 0.6) is 0 Å². The van der Waals surface area contributed by atoms with E-state index in [1.807, 2.05) is 6.92 Å². The molecule has 4 amide bonds. The van der Waals surface area contributed by atoms with Gasteiger partial charge >= 0.3 is 12.2 Å². The van der Waals surface area contributed by atoms with Gasteiger partial charge in [-0.3, -0.25) is 14.9 Å². The highest BCUT2D eigenvalue weighted by Crippen LogP contribution is 2.38. The second-order valence-electron chi connectivity index (χ2n) is 9.68. The Bertz CT molecular complexity index is 1420. The first-order chi connectivity index (χ1) is 19.6. The highest BCUT2D eigenvalue weighted by molar-refractivity contribution is 7.89. The number of fused-ring (bicyclic) bond motifs is 1. The van der Waals surface area contributed by atoms with E-state index in [0.717, 1.165) is 44.1 Å². The lowest BCUT2D eigenvalue weighted by molar-refractivity contribution is 0.0936. The summed E-state index contributed by atoms with van der Waals surface area (Å²) in [7, 11) is -2.58. The smallest absolute Gasteiger partial charge is 0.413 e. The van der Waals surface area contributed by atoms with Crippen LogP contribution in [0.4, 0.5) is 14.6 Å². The van der Waals surface area contributed by atoms with Gasteiger partial charge in [0.2, 0.25) is 10.0 Å². The Balaban J connectivity index is 1.58. The van der Waals surface area contributed by atoms with E-state index in [1.54, 1.807) is 11.2 Å². The molecule has 41 heavy (non-hydrogen) atoms. The molecule has 1 aromatic carbocycles. The number of carbonyl (C=O) groups excluding carboxylic acids is 4. The number of nitrogens with zero attached hydrogens (tertiary/aromatic N) is 2. The van der Waals surface area contributed by atoms with Crippen LogP contribution in [0.15, 0.2) is 29.2 Å². The number of alkyl carbamates (subject to hydrolysis) is 1. The van der Waals surface area contributed by atoms with Crippen molar-refractivity contribution in [1.82, 2.24) is 14.5 Å². The Morgan fingerprint density at radius 1 is 1.05 bits per heavy atom. The van der Waals surface area contributed by atoms with Crippen LogP contribution >= 0.6 is 11.3 Å². The van der Waals surface area contributed by atoms with Gasteiger partial charge in [-0.2, -0.15) is 4.31 Å². The Hall–Kier alpha value is -3.49. The lowest BCUT2D eigenvalue weighted by atomic mass is 10.0. The van der Waals surface area contributed by atoms with E-state index < -0.39 is 34.0 Å². The Morgan fingerprint density at radius 2 is 1.78 bits per heavy atom. The summed E-state index contributed by atoms with van der Waals surface area (Å²) in [6.45, 7) is 4.84. The molecular formula is C27H34N4O8S2. The first-order valence-corrected chi connectivity index (χ1v) is 15.7. The van der Waals surface area contributed by atoms with Crippen LogP contribution in [-0.4, -0.2) is 74.5 Å². The molecule has 3 heterocycles. The van der Waals surface area contributed by atoms with Crippen LogP contribution in [0.25, 0.3) is 0 Å². The molecule has 222 valence electrons. The van der Waals surface area contributed by atoms with Gasteiger partial charge in [0.1, 0.15) is 5.00 Å². The molecule has 2 aliphatic rings. The SMILES string of the molecule is CCOC(=O)N1CCc2c(sc(NC(=O)c3ccc(S(=O)(=O)N4CCCCC4CC)cc3)c2C(=O)NC(=O)OC)C1. The van der Waals surface area contributed by atoms with Gasteiger partial charge in [0.15, 0.2) is 0 Å². The predicted octanol–water partition coefficient (Wildman–Crippen LogP) is 3.96. The molecule has 0 aliphatic carbocycles. The highest BCUT2D eigenvalue weighted by Gasteiger charge is 2.34. The first kappa shape index (κ1) is 30.5. The number of methoxy groups -OCH3 is 1. The van der Waals surface area contributed by atoms with Crippen LogP contribution in [0.3, 0.4) is 0 Å². The molecule has 1 aromatic heterocycles. The van der Waals surface area contributed by atoms with Gasteiger partial charge in [0.25, 0.3) is 11.8 Å². The number of benzene rings is 1. The van der Waals surface area contributed by atoms with E-state index in [0.29, 0.717) is 30.0 Å². The number of thiophene rings is 1. The Morgan fingerprint density at radius 3 is 2.44 bits per heavy atom. The molecule has 0 spiro atoms. The number of hydrogen-bond donors (Lipinski definition) is 2. The fourth-order valence-electron chi connectivity index (χ4n) is 5.10. The average Bonchev–Trinajstić information content (AvgIpc) is 3.34. The molecule has 12 nitrogen and oxygen atoms in total. The average molecular weight is 607 g/mol. The van der Waals surface area contributed by atoms with Gasteiger partial charge in [0, 0.05) is 29.6 Å². The lowest BCUT2D eigenvalue weighted by Gasteiger charge is -2.34. The van der Waals surface area contributed by atoms with Crippen LogP contribution in [0.1, 0.15) is 70.7 Å². The van der Waals surface area contributed by atoms with Crippen LogP contribution in [0, 0.1) is 0 Å². The molecule has 0 saturated carbocycles. The van der Waals surface area contributed by atoms with E-state index >= 15 is 0 Å². The second-order valence-corrected chi connectivity index (χ2v) is 12.7. The molecule has 2 aromatic rings. The highest BCUT2D eigenvalue weighted by atomic mass is 32.2. The maximum Gasteiger partial charge on any atom is 0.413 e. The minimum absolute atomic E-state index is 0.0455. The van der Waals surface area contributed by atoms with Crippen molar-refractivity contribution in [2.75, 3.05) is 32.1 Å². The van der Waals surface area contributed by atoms with Crippen molar-refractivity contribution in [2.45, 2.75) is 63.4 Å². The summed E-state index contributed by atoms with van der Waals surface area (Å²) in [5, 5.41) is 5.06. The zero-order valence-corrected chi connectivity index (χ0v) is 24.9. The standard InChI is InChI=1S/C27H34N4O8S2/c1-4-18-8-6-7-14-31(18)41(36,37)19-11-9-17(10-12-19)23(32)28-25-22(24(33)29-26(34)38-3)20-13-15-30(16-21(20)40-25)27(35)39-5-2/h9-12,18H,4-8,13-16H2,1-3H3,(H,28,32)(H,29,33,34). The van der Waals surface area contributed by atoms with Crippen LogP contribution in [-0.2, 0) is 32.5 Å². The Kier molecular flexibility index (Phi) is 9.66. The van der Waals surface area contributed by atoms with Gasteiger partial charge in [0.05, 0.1) is 30.7 Å². The molecule has 1 atom stereocenters. The number of carbonyl (C=O) groups is 4. The third kappa shape index (κ3) is 6.54. The van der Waals surface area contributed by atoms with Gasteiger partial charge in [-0.05, 0) is 62.4 Å². The number of anilines is 1. The molecule has 14 heteroatoms. The zero-order chi connectivity index (χ0) is 29.7. The second kappa shape index (κ2) is 13.0. The van der Waals surface area contributed by atoms with Crippen molar-refractivity contribution in [3.63, 3.8) is 0 Å². The van der Waals surface area contributed by atoms with E-state index in [-0.39, 0.29) is 40.2 Å². The molecular weight excluding hydrogens is 572 g/mol. The predicted molar refractivity (Wildman–Crippen MR) is 152 cm³/mol. The fraction of sp³-hybridized carbons (Fsp3) is 0.481. The van der Waals surface area contributed by atoms with Crippen molar-refractivity contribution >= 4 is 50.4 Å². The quantitative estimate of drug-likeness (QED) is 0.481. The van der Waals surface area contributed by atoms with Gasteiger partial charge in [-0.15, -0.1) is 11.3 Å². The summed E-state index contributed by atoms with van der Waals surface area (Å²) in [5.74, 6) is -1.31. The monoisotopic (exact) mass is 606 g/mol. The minimum atomic E-state index is -3.71. The van der Waals surface area contributed by atoms with Crippen molar-refractivity contribution in [1.29, 1.82) is 0 Å². The minimum Gasteiger partial charge on any atom is -0.453 e. The number of ether oxygens (including phenoxy) is 2. The third-order valence-corrected chi connectivity index (χ3v) is 10.3. The third-order valence-electron chi connectivity index (χ3n) is 7.21. The van der Waals surface area contributed by atoms with Gasteiger partial charge in [-0.25, -0.2) is 18.0 Å². The molecule has 2 N–H and O–H groups in total. The number of imide groups is 1. The van der Waals surface area contributed by atoms with Crippen molar-refractivity contribution in [3.05, 3.63) is 45.8 Å². The van der Waals surface area contributed by atoms with E-state index in [4.69, 9.17) is 4.74 Å². The maximum atomic E-state index is 13.3. The number of piperidine rings is 1. The van der Waals surface area contributed by atoms with Crippen LogP contribution < -0.4 is 10.6 Å². The summed E-state index contributed by atoms with van der Waals surface area (Å²) in [5.41, 5.74) is 0.913. The van der Waals surface area contributed by atoms with Gasteiger partial charge < -0.3 is 19.7 Å². The number of rotatable bonds is 7. The molecule has 2 aliphatic heterocycles. The summed E-state index contributed by atoms with van der Waals surface area (Å²) in [4.78, 5) is 52.6. The van der Waals surface area contributed by atoms with Crippen molar-refractivity contribution < 1.29 is 37.1 Å². The summed E-state index contributed by atoms with van der Waals surface area (Å²) in [6.07, 6.45) is 2.24. The largest absolute Gasteiger partial charge is 0.453 e. The van der Waals surface area contributed by atoms with Crippen molar-refractivity contribution in [3.8, 4) is 0 Å². The summed E-state index contributed by atoms with van der Waals surface area (Å²) < 4.78 is 37.8. The Labute approximate surface area is 243 Å². The summed E-state index contributed by atoms with van der Waals surface area (Å²) >= 11 is 1.12. The molecule has 1 saturated heterocycles. The van der Waals surface area contributed by atoms with Gasteiger partial charge in [-0.1, -0.05) is 13.3 Å². The zero-order valence-electron chi connectivity index (χ0n) is 23.2. The number of hydrogen-bond acceptors (Lipinski definition) is 9. The maximum absolute atomic E-state index is 13.3. The van der Waals surface area contributed by atoms with E-state index in [1.165, 1.54) is 29.2 Å². The topological polar surface area (TPSA) is 151 Å². The summed E-state index contributed by atoms with van der Waals surface area (Å²) in [6, 6.07) is 5.63. The lowest BCUT2D eigenvalue weighted by Crippen LogP contribution is -2.43. The molecule has 0 bridgehead atoms. The molecule has 1 unspecified atom stereocenters. The van der Waals surface area contributed by atoms with E-state index in [2.05, 4.69) is 15.4 Å². The van der Waals surface area contributed by atoms with Crippen LogP contribution in [0.2, 0.25) is 0 Å². The molecule has 4 rings (SSSR count). The normalized spacial score (nSPS) is 17.3. The van der Waals surface area contributed by atoms with E-state index in [9.17, 15) is 27.6 Å². The number of sulfonamides is 1. The fourth-order valence-corrected chi connectivity index (χ4v) is 8.12. The van der Waals surface area contributed by atoms with Crippen molar-refractivity contribution in [2.24, 2.45) is 0 Å². The first-order valence-electron chi connectivity index (χ1n) is 13.5. The number of nitrogens with one attached hydrogen (secondary N) is 2.